The third kappa shape index (κ3) is 4.91. The van der Waals surface area contributed by atoms with Gasteiger partial charge in [-0.25, -0.2) is 4.79 Å². The molecule has 0 radical (unpaired) electrons. The first-order valence-corrected chi connectivity index (χ1v) is 9.71. The fourth-order valence-corrected chi connectivity index (χ4v) is 4.06. The lowest BCUT2D eigenvalue weighted by Gasteiger charge is -2.22. The maximum Gasteiger partial charge on any atom is 0.400 e. The largest absolute Gasteiger partial charge is 0.498 e. The number of rotatable bonds is 6. The SMILES string of the molecule is O=C(O)c1c(NC(=O)C(CC2CC=CO2)C(F)(F)F)csc1-c1ccc(Cl)cc1. The van der Waals surface area contributed by atoms with E-state index in [-0.39, 0.29) is 17.7 Å². The number of ether oxygens (including phenoxy) is 1. The summed E-state index contributed by atoms with van der Waals surface area (Å²) in [5, 5.41) is 13.5. The lowest BCUT2D eigenvalue weighted by atomic mass is 9.98. The molecule has 1 aromatic heterocycles. The molecule has 2 heterocycles. The van der Waals surface area contributed by atoms with E-state index in [0.717, 1.165) is 11.3 Å². The minimum atomic E-state index is -4.80. The third-order valence-electron chi connectivity index (χ3n) is 4.35. The summed E-state index contributed by atoms with van der Waals surface area (Å²) in [6.07, 6.45) is -2.95. The van der Waals surface area contributed by atoms with Crippen LogP contribution in [-0.4, -0.2) is 29.3 Å². The second kappa shape index (κ2) is 8.46. The van der Waals surface area contributed by atoms with Crippen LogP contribution in [0.3, 0.4) is 0 Å². The zero-order chi connectivity index (χ0) is 21.2. The predicted molar refractivity (Wildman–Crippen MR) is 103 cm³/mol. The fraction of sp³-hybridized carbons (Fsp3) is 0.263. The number of amides is 1. The molecule has 3 rings (SSSR count). The van der Waals surface area contributed by atoms with Crippen LogP contribution in [0, 0.1) is 5.92 Å². The van der Waals surface area contributed by atoms with Gasteiger partial charge < -0.3 is 15.2 Å². The lowest BCUT2D eigenvalue weighted by molar-refractivity contribution is -0.184. The summed E-state index contributed by atoms with van der Waals surface area (Å²) in [4.78, 5) is 24.5. The molecule has 0 fully saturated rings. The number of hydrogen-bond donors (Lipinski definition) is 2. The van der Waals surface area contributed by atoms with Crippen LogP contribution < -0.4 is 5.32 Å². The number of carboxylic acids is 1. The van der Waals surface area contributed by atoms with Gasteiger partial charge in [0.25, 0.3) is 0 Å². The summed E-state index contributed by atoms with van der Waals surface area (Å²) in [5.41, 5.74) is 0.0673. The van der Waals surface area contributed by atoms with Crippen molar-refractivity contribution in [3.05, 3.63) is 52.6 Å². The first-order valence-electron chi connectivity index (χ1n) is 8.45. The van der Waals surface area contributed by atoms with Crippen molar-refractivity contribution in [2.75, 3.05) is 5.32 Å². The maximum atomic E-state index is 13.4. The van der Waals surface area contributed by atoms with Crippen LogP contribution in [-0.2, 0) is 9.53 Å². The van der Waals surface area contributed by atoms with Crippen LogP contribution in [0.2, 0.25) is 5.02 Å². The first-order chi connectivity index (χ1) is 13.7. The average molecular weight is 446 g/mol. The Kier molecular flexibility index (Phi) is 6.18. The maximum absolute atomic E-state index is 13.4. The molecule has 0 bridgehead atoms. The number of thiophene rings is 1. The van der Waals surface area contributed by atoms with Crippen molar-refractivity contribution >= 4 is 40.5 Å². The van der Waals surface area contributed by atoms with Crippen molar-refractivity contribution in [3.63, 3.8) is 0 Å². The molecular formula is C19H15ClF3NO4S. The summed E-state index contributed by atoms with van der Waals surface area (Å²) in [5.74, 6) is -5.01. The molecule has 2 aromatic rings. The molecule has 154 valence electrons. The molecule has 2 atom stereocenters. The van der Waals surface area contributed by atoms with E-state index in [1.165, 1.54) is 11.6 Å². The Morgan fingerprint density at radius 3 is 2.55 bits per heavy atom. The minimum Gasteiger partial charge on any atom is -0.498 e. The van der Waals surface area contributed by atoms with E-state index in [1.54, 1.807) is 30.3 Å². The number of halogens is 4. The Hall–Kier alpha value is -2.52. The van der Waals surface area contributed by atoms with E-state index in [0.29, 0.717) is 15.5 Å². The van der Waals surface area contributed by atoms with Crippen molar-refractivity contribution in [2.24, 2.45) is 5.92 Å². The molecule has 1 aliphatic heterocycles. The summed E-state index contributed by atoms with van der Waals surface area (Å²) < 4.78 is 45.3. The van der Waals surface area contributed by atoms with Crippen molar-refractivity contribution in [1.82, 2.24) is 0 Å². The van der Waals surface area contributed by atoms with Crippen LogP contribution in [0.15, 0.2) is 42.0 Å². The van der Waals surface area contributed by atoms with E-state index in [4.69, 9.17) is 16.3 Å². The highest BCUT2D eigenvalue weighted by atomic mass is 35.5. The number of hydrogen-bond acceptors (Lipinski definition) is 4. The number of alkyl halides is 3. The third-order valence-corrected chi connectivity index (χ3v) is 5.63. The first kappa shape index (κ1) is 21.2. The van der Waals surface area contributed by atoms with E-state index in [1.807, 2.05) is 0 Å². The van der Waals surface area contributed by atoms with Crippen molar-refractivity contribution in [3.8, 4) is 10.4 Å². The van der Waals surface area contributed by atoms with Gasteiger partial charge in [-0.2, -0.15) is 13.2 Å². The van der Waals surface area contributed by atoms with Gasteiger partial charge in [0.1, 0.15) is 17.6 Å². The Balaban J connectivity index is 1.86. The van der Waals surface area contributed by atoms with Gasteiger partial charge in [-0.1, -0.05) is 23.7 Å². The molecule has 29 heavy (non-hydrogen) atoms. The summed E-state index contributed by atoms with van der Waals surface area (Å²) >= 11 is 6.83. The molecule has 1 amide bonds. The number of carboxylic acid groups (broad SMARTS) is 1. The Morgan fingerprint density at radius 1 is 1.31 bits per heavy atom. The second-order valence-electron chi connectivity index (χ2n) is 6.35. The summed E-state index contributed by atoms with van der Waals surface area (Å²) in [6, 6.07) is 6.32. The normalized spacial score (nSPS) is 17.0. The Labute approximate surface area is 172 Å². The molecule has 2 unspecified atom stereocenters. The molecule has 1 aromatic carbocycles. The Morgan fingerprint density at radius 2 is 2.00 bits per heavy atom. The molecule has 0 spiro atoms. The highest BCUT2D eigenvalue weighted by Crippen LogP contribution is 2.38. The van der Waals surface area contributed by atoms with Crippen LogP contribution in [0.4, 0.5) is 18.9 Å². The Bertz CT molecular complexity index is 932. The second-order valence-corrected chi connectivity index (χ2v) is 7.67. The van der Waals surface area contributed by atoms with Gasteiger partial charge in [-0.05, 0) is 23.8 Å². The van der Waals surface area contributed by atoms with Gasteiger partial charge >= 0.3 is 12.1 Å². The molecule has 1 aliphatic rings. The van der Waals surface area contributed by atoms with Gasteiger partial charge in [0, 0.05) is 23.2 Å². The van der Waals surface area contributed by atoms with Crippen LogP contribution in [0.25, 0.3) is 10.4 Å². The van der Waals surface area contributed by atoms with E-state index < -0.39 is 36.5 Å². The van der Waals surface area contributed by atoms with Crippen LogP contribution >= 0.6 is 22.9 Å². The molecule has 5 nitrogen and oxygen atoms in total. The molecule has 2 N–H and O–H groups in total. The summed E-state index contributed by atoms with van der Waals surface area (Å²) in [7, 11) is 0. The molecule has 0 saturated carbocycles. The van der Waals surface area contributed by atoms with Crippen molar-refractivity contribution in [2.45, 2.75) is 25.1 Å². The zero-order valence-electron chi connectivity index (χ0n) is 14.7. The zero-order valence-corrected chi connectivity index (χ0v) is 16.3. The predicted octanol–water partition coefficient (Wildman–Crippen LogP) is 5.58. The number of aromatic carboxylic acids is 1. The number of carbonyl (C=O) groups is 2. The number of anilines is 1. The van der Waals surface area contributed by atoms with Gasteiger partial charge in [0.2, 0.25) is 5.91 Å². The molecule has 0 saturated heterocycles. The fourth-order valence-electron chi connectivity index (χ4n) is 2.93. The van der Waals surface area contributed by atoms with Crippen LogP contribution in [0.1, 0.15) is 23.2 Å². The van der Waals surface area contributed by atoms with E-state index in [9.17, 15) is 27.9 Å². The molecule has 0 aliphatic carbocycles. The molecule has 10 heteroatoms. The minimum absolute atomic E-state index is 0.183. The number of benzene rings is 1. The molecular weight excluding hydrogens is 431 g/mol. The standard InChI is InChI=1S/C19H15ClF3NO4S/c20-11-5-3-10(4-6-11)16-15(18(26)27)14(9-29-16)24-17(25)13(19(21,22)23)8-12-2-1-7-28-12/h1,3-7,9,12-13H,2,8H2,(H,24,25)(H,26,27). The highest BCUT2D eigenvalue weighted by molar-refractivity contribution is 7.14. The van der Waals surface area contributed by atoms with Gasteiger partial charge in [0.05, 0.1) is 16.8 Å². The number of carbonyl (C=O) groups excluding carboxylic acids is 1. The van der Waals surface area contributed by atoms with Gasteiger partial charge in [-0.15, -0.1) is 11.3 Å². The van der Waals surface area contributed by atoms with E-state index in [2.05, 4.69) is 5.32 Å². The van der Waals surface area contributed by atoms with E-state index >= 15 is 0 Å². The highest BCUT2D eigenvalue weighted by Gasteiger charge is 2.46. The quantitative estimate of drug-likeness (QED) is 0.609. The van der Waals surface area contributed by atoms with Crippen LogP contribution in [0.5, 0.6) is 0 Å². The number of nitrogens with one attached hydrogen (secondary N) is 1. The van der Waals surface area contributed by atoms with Gasteiger partial charge in [0.15, 0.2) is 0 Å². The lowest BCUT2D eigenvalue weighted by Crippen LogP contribution is -2.37. The summed E-state index contributed by atoms with van der Waals surface area (Å²) in [6.45, 7) is 0. The average Bonchev–Trinajstić information content (AvgIpc) is 3.29. The topological polar surface area (TPSA) is 75.6 Å². The monoisotopic (exact) mass is 445 g/mol. The van der Waals surface area contributed by atoms with Gasteiger partial charge in [-0.3, -0.25) is 4.79 Å². The smallest absolute Gasteiger partial charge is 0.400 e. The van der Waals surface area contributed by atoms with Crippen molar-refractivity contribution in [1.29, 1.82) is 0 Å². The van der Waals surface area contributed by atoms with Crippen molar-refractivity contribution < 1.29 is 32.6 Å².